The molecule has 7 heteroatoms. The zero-order valence-electron chi connectivity index (χ0n) is 16.0. The number of anilines is 3. The molecule has 4 rings (SSSR count). The molecule has 3 aromatic rings. The van der Waals surface area contributed by atoms with Crippen molar-refractivity contribution in [3.05, 3.63) is 46.6 Å². The highest BCUT2D eigenvalue weighted by atomic mass is 32.1. The van der Waals surface area contributed by atoms with Gasteiger partial charge in [0.15, 0.2) is 5.13 Å². The lowest BCUT2D eigenvalue weighted by atomic mass is 9.85. The Hall–Kier alpha value is -2.80. The molecule has 1 aromatic carbocycles. The van der Waals surface area contributed by atoms with E-state index in [0.29, 0.717) is 5.95 Å². The highest BCUT2D eigenvalue weighted by Crippen LogP contribution is 2.42. The van der Waals surface area contributed by atoms with E-state index in [1.54, 1.807) is 4.90 Å². The number of benzene rings is 1. The topological polar surface area (TPSA) is 71.0 Å². The minimum atomic E-state index is -0.524. The average molecular weight is 379 g/mol. The molecule has 1 amide bonds. The van der Waals surface area contributed by atoms with E-state index < -0.39 is 5.41 Å². The Bertz CT molecular complexity index is 1040. The molecule has 1 N–H and O–H groups in total. The molecule has 138 valence electrons. The molecule has 1 aliphatic rings. The van der Waals surface area contributed by atoms with E-state index in [1.165, 1.54) is 11.3 Å². The molecule has 2 aromatic heterocycles. The number of aryl methyl sites for hydroxylation is 2. The fourth-order valence-corrected chi connectivity index (χ4v) is 4.19. The summed E-state index contributed by atoms with van der Waals surface area (Å²) in [5, 5.41) is 5.92. The first-order valence-electron chi connectivity index (χ1n) is 8.73. The lowest BCUT2D eigenvalue weighted by Crippen LogP contribution is -2.33. The SMILES string of the molecule is Cc1cc(C)nc(Nc2nc(-c3ccc4c(c3)C(C)(C)C(=O)N4C)cs2)n1. The van der Waals surface area contributed by atoms with E-state index >= 15 is 0 Å². The molecule has 0 radical (unpaired) electrons. The van der Waals surface area contributed by atoms with Crippen LogP contribution in [0.15, 0.2) is 29.6 Å². The van der Waals surface area contributed by atoms with Gasteiger partial charge in [0, 0.05) is 35.1 Å². The summed E-state index contributed by atoms with van der Waals surface area (Å²) in [6.07, 6.45) is 0. The summed E-state index contributed by atoms with van der Waals surface area (Å²) in [5.74, 6) is 0.665. The normalized spacial score (nSPS) is 15.1. The van der Waals surface area contributed by atoms with Crippen molar-refractivity contribution in [1.29, 1.82) is 0 Å². The van der Waals surface area contributed by atoms with Crippen LogP contribution in [-0.4, -0.2) is 27.9 Å². The fourth-order valence-electron chi connectivity index (χ4n) is 3.47. The number of hydrogen-bond acceptors (Lipinski definition) is 6. The molecule has 1 aliphatic heterocycles. The van der Waals surface area contributed by atoms with Gasteiger partial charge in [-0.1, -0.05) is 6.07 Å². The number of nitrogens with zero attached hydrogens (tertiary/aromatic N) is 4. The van der Waals surface area contributed by atoms with Gasteiger partial charge < -0.3 is 10.2 Å². The number of carbonyl (C=O) groups is 1. The Labute approximate surface area is 162 Å². The van der Waals surface area contributed by atoms with Crippen molar-refractivity contribution in [3.8, 4) is 11.3 Å². The van der Waals surface area contributed by atoms with Crippen LogP contribution < -0.4 is 10.2 Å². The Morgan fingerprint density at radius 1 is 1.07 bits per heavy atom. The predicted molar refractivity (Wildman–Crippen MR) is 109 cm³/mol. The standard InChI is InChI=1S/C20H21N5OS/c1-11-8-12(2)22-18(21-11)24-19-23-15(10-27-19)13-6-7-16-14(9-13)20(3,4)17(26)25(16)5/h6-10H,1-5H3,(H,21,22,23,24). The molecule has 0 fully saturated rings. The van der Waals surface area contributed by atoms with Crippen LogP contribution in [-0.2, 0) is 10.2 Å². The smallest absolute Gasteiger partial charge is 0.236 e. The van der Waals surface area contributed by atoms with Gasteiger partial charge in [0.2, 0.25) is 11.9 Å². The fraction of sp³-hybridized carbons (Fsp3) is 0.300. The maximum atomic E-state index is 12.5. The summed E-state index contributed by atoms with van der Waals surface area (Å²) in [4.78, 5) is 27.7. The molecule has 27 heavy (non-hydrogen) atoms. The molecule has 0 atom stereocenters. The predicted octanol–water partition coefficient (Wildman–Crippen LogP) is 4.21. The van der Waals surface area contributed by atoms with Crippen molar-refractivity contribution in [1.82, 2.24) is 15.0 Å². The Morgan fingerprint density at radius 2 is 1.78 bits per heavy atom. The summed E-state index contributed by atoms with van der Waals surface area (Å²) in [5.41, 5.74) is 5.17. The van der Waals surface area contributed by atoms with Crippen molar-refractivity contribution in [2.24, 2.45) is 0 Å². The number of hydrogen-bond donors (Lipinski definition) is 1. The van der Waals surface area contributed by atoms with E-state index in [-0.39, 0.29) is 5.91 Å². The quantitative estimate of drug-likeness (QED) is 0.738. The summed E-state index contributed by atoms with van der Waals surface area (Å²) in [7, 11) is 1.82. The minimum absolute atomic E-state index is 0.113. The molecule has 0 saturated carbocycles. The number of nitrogens with one attached hydrogen (secondary N) is 1. The number of likely N-dealkylation sites (N-methyl/N-ethyl adjacent to an activating group) is 1. The molecule has 0 aliphatic carbocycles. The molecule has 0 unspecified atom stereocenters. The first-order chi connectivity index (χ1) is 12.8. The zero-order valence-corrected chi connectivity index (χ0v) is 16.8. The van der Waals surface area contributed by atoms with Gasteiger partial charge in [-0.2, -0.15) is 0 Å². The number of fused-ring (bicyclic) bond motifs is 1. The largest absolute Gasteiger partial charge is 0.314 e. The molecule has 0 bridgehead atoms. The first-order valence-corrected chi connectivity index (χ1v) is 9.61. The number of thiazole rings is 1. The van der Waals surface area contributed by atoms with Crippen molar-refractivity contribution >= 4 is 34.0 Å². The third kappa shape index (κ3) is 2.98. The first kappa shape index (κ1) is 17.6. The molecule has 6 nitrogen and oxygen atoms in total. The highest BCUT2D eigenvalue weighted by molar-refractivity contribution is 7.14. The molecule has 0 saturated heterocycles. The van der Waals surface area contributed by atoms with Crippen LogP contribution in [0.25, 0.3) is 11.3 Å². The van der Waals surface area contributed by atoms with Crippen LogP contribution in [0, 0.1) is 13.8 Å². The van der Waals surface area contributed by atoms with Crippen molar-refractivity contribution in [2.75, 3.05) is 17.3 Å². The van der Waals surface area contributed by atoms with E-state index in [2.05, 4.69) is 26.3 Å². The third-order valence-electron chi connectivity index (χ3n) is 4.87. The van der Waals surface area contributed by atoms with Crippen LogP contribution >= 0.6 is 11.3 Å². The van der Waals surface area contributed by atoms with Gasteiger partial charge in [0.05, 0.1) is 11.1 Å². The van der Waals surface area contributed by atoms with Crippen LogP contribution in [0.3, 0.4) is 0 Å². The lowest BCUT2D eigenvalue weighted by Gasteiger charge is -2.16. The lowest BCUT2D eigenvalue weighted by molar-refractivity contribution is -0.121. The van der Waals surface area contributed by atoms with Crippen molar-refractivity contribution in [2.45, 2.75) is 33.1 Å². The zero-order chi connectivity index (χ0) is 19.3. The van der Waals surface area contributed by atoms with Crippen LogP contribution in [0.4, 0.5) is 16.8 Å². The van der Waals surface area contributed by atoms with Crippen molar-refractivity contribution in [3.63, 3.8) is 0 Å². The minimum Gasteiger partial charge on any atom is -0.314 e. The summed E-state index contributed by atoms with van der Waals surface area (Å²) in [6.45, 7) is 7.81. The van der Waals surface area contributed by atoms with E-state index in [4.69, 9.17) is 0 Å². The van der Waals surface area contributed by atoms with E-state index in [9.17, 15) is 4.79 Å². The highest BCUT2D eigenvalue weighted by Gasteiger charge is 2.42. The summed E-state index contributed by atoms with van der Waals surface area (Å²) in [6, 6.07) is 8.01. The molecule has 0 spiro atoms. The van der Waals surface area contributed by atoms with Crippen LogP contribution in [0.1, 0.15) is 30.8 Å². The van der Waals surface area contributed by atoms with Gasteiger partial charge >= 0.3 is 0 Å². The van der Waals surface area contributed by atoms with E-state index in [0.717, 1.165) is 39.0 Å². The van der Waals surface area contributed by atoms with Crippen molar-refractivity contribution < 1.29 is 4.79 Å². The van der Waals surface area contributed by atoms with Crippen LogP contribution in [0.5, 0.6) is 0 Å². The number of aromatic nitrogens is 3. The second-order valence-corrected chi connectivity index (χ2v) is 8.22. The third-order valence-corrected chi connectivity index (χ3v) is 5.63. The number of amides is 1. The van der Waals surface area contributed by atoms with E-state index in [1.807, 2.05) is 58.3 Å². The monoisotopic (exact) mass is 379 g/mol. The second-order valence-electron chi connectivity index (χ2n) is 7.36. The summed E-state index contributed by atoms with van der Waals surface area (Å²) < 4.78 is 0. The maximum Gasteiger partial charge on any atom is 0.236 e. The van der Waals surface area contributed by atoms with Gasteiger partial charge in [-0.3, -0.25) is 4.79 Å². The van der Waals surface area contributed by atoms with Gasteiger partial charge in [-0.25, -0.2) is 15.0 Å². The van der Waals surface area contributed by atoms with Gasteiger partial charge in [-0.05, 0) is 51.5 Å². The molecular weight excluding hydrogens is 358 g/mol. The van der Waals surface area contributed by atoms with Gasteiger partial charge in [-0.15, -0.1) is 11.3 Å². The van der Waals surface area contributed by atoms with Crippen LogP contribution in [0.2, 0.25) is 0 Å². The Balaban J connectivity index is 1.65. The van der Waals surface area contributed by atoms with Gasteiger partial charge in [0.25, 0.3) is 0 Å². The molecule has 3 heterocycles. The summed E-state index contributed by atoms with van der Waals surface area (Å²) >= 11 is 1.51. The number of rotatable bonds is 3. The Morgan fingerprint density at radius 3 is 2.48 bits per heavy atom. The Kier molecular flexibility index (Phi) is 3.99. The maximum absolute atomic E-state index is 12.5. The average Bonchev–Trinajstić information content (AvgIpc) is 3.12. The second kappa shape index (κ2) is 6.13. The number of carbonyl (C=O) groups excluding carboxylic acids is 1. The molecular formula is C20H21N5OS. The van der Waals surface area contributed by atoms with Gasteiger partial charge in [0.1, 0.15) is 0 Å².